The lowest BCUT2D eigenvalue weighted by Crippen LogP contribution is -2.31. The number of anilines is 3. The van der Waals surface area contributed by atoms with Crippen molar-refractivity contribution in [2.45, 2.75) is 57.9 Å². The van der Waals surface area contributed by atoms with E-state index in [0.717, 1.165) is 44.0 Å². The summed E-state index contributed by atoms with van der Waals surface area (Å²) in [5.74, 6) is 2.51. The highest BCUT2D eigenvalue weighted by molar-refractivity contribution is 5.94. The van der Waals surface area contributed by atoms with Crippen molar-refractivity contribution in [1.82, 2.24) is 20.3 Å². The van der Waals surface area contributed by atoms with Gasteiger partial charge in [0.1, 0.15) is 0 Å². The van der Waals surface area contributed by atoms with Crippen LogP contribution in [0.25, 0.3) is 0 Å². The van der Waals surface area contributed by atoms with E-state index in [2.05, 4.69) is 25.8 Å². The van der Waals surface area contributed by atoms with Crippen LogP contribution < -0.4 is 26.6 Å². The molecule has 1 saturated carbocycles. The summed E-state index contributed by atoms with van der Waals surface area (Å²) in [6.45, 7) is 6.29. The van der Waals surface area contributed by atoms with Crippen molar-refractivity contribution in [1.29, 1.82) is 0 Å². The molecule has 40 heavy (non-hydrogen) atoms. The van der Waals surface area contributed by atoms with Crippen LogP contribution >= 0.6 is 0 Å². The van der Waals surface area contributed by atoms with Crippen LogP contribution in [0.1, 0.15) is 67.3 Å². The molecule has 1 aromatic carbocycles. The van der Waals surface area contributed by atoms with Crippen LogP contribution in [-0.4, -0.2) is 80.0 Å². The quantitative estimate of drug-likeness (QED) is 0.229. The van der Waals surface area contributed by atoms with Crippen molar-refractivity contribution in [2.75, 3.05) is 74.7 Å². The smallest absolute Gasteiger partial charge is 0.251 e. The maximum absolute atomic E-state index is 12.5. The van der Waals surface area contributed by atoms with Crippen LogP contribution in [0.2, 0.25) is 0 Å². The average molecular weight is 555 g/mol. The molecule has 4 rings (SSSR count). The van der Waals surface area contributed by atoms with E-state index in [0.29, 0.717) is 69.4 Å². The predicted molar refractivity (Wildman–Crippen MR) is 158 cm³/mol. The fourth-order valence-electron chi connectivity index (χ4n) is 5.08. The van der Waals surface area contributed by atoms with Crippen LogP contribution in [0.5, 0.6) is 0 Å². The number of piperidine rings is 1. The Morgan fingerprint density at radius 3 is 2.25 bits per heavy atom. The van der Waals surface area contributed by atoms with Gasteiger partial charge in [-0.25, -0.2) is 0 Å². The van der Waals surface area contributed by atoms with Crippen LogP contribution in [0.4, 0.5) is 17.8 Å². The van der Waals surface area contributed by atoms with Gasteiger partial charge in [0.25, 0.3) is 5.91 Å². The lowest BCUT2D eigenvalue weighted by atomic mass is 9.89. The Bertz CT molecular complexity index is 1010. The maximum Gasteiger partial charge on any atom is 0.251 e. The lowest BCUT2D eigenvalue weighted by Gasteiger charge is -2.27. The topological polar surface area (TPSA) is 140 Å². The molecule has 11 nitrogen and oxygen atoms in total. The first-order chi connectivity index (χ1) is 19.7. The highest BCUT2D eigenvalue weighted by Crippen LogP contribution is 2.24. The van der Waals surface area contributed by atoms with Crippen LogP contribution in [0, 0.1) is 5.92 Å². The molecule has 0 radical (unpaired) electrons. The fraction of sp³-hybridized carbons (Fsp3) is 0.655. The minimum absolute atomic E-state index is 0.125. The van der Waals surface area contributed by atoms with Gasteiger partial charge in [-0.15, -0.1) is 0 Å². The minimum atomic E-state index is -0.125. The molecule has 11 heteroatoms. The average Bonchev–Trinajstić information content (AvgIpc) is 3.01. The Hall–Kier alpha value is -3.02. The first-order valence-corrected chi connectivity index (χ1v) is 14.9. The van der Waals surface area contributed by atoms with Crippen molar-refractivity contribution < 1.29 is 14.3 Å². The number of amides is 1. The lowest BCUT2D eigenvalue weighted by molar-refractivity contribution is 0.0511. The largest absolute Gasteiger partial charge is 0.378 e. The number of nitrogens with one attached hydrogen (secondary N) is 3. The van der Waals surface area contributed by atoms with Gasteiger partial charge in [0.2, 0.25) is 17.8 Å². The summed E-state index contributed by atoms with van der Waals surface area (Å²) in [5.41, 5.74) is 7.02. The number of hydrogen-bond donors (Lipinski definition) is 4. The molecule has 0 bridgehead atoms. The fourth-order valence-corrected chi connectivity index (χ4v) is 5.08. The number of nitrogens with two attached hydrogens (primary N) is 1. The first kappa shape index (κ1) is 30.0. The van der Waals surface area contributed by atoms with Crippen LogP contribution in [0.3, 0.4) is 0 Å². The molecule has 0 atom stereocenters. The van der Waals surface area contributed by atoms with Gasteiger partial charge in [-0.1, -0.05) is 31.4 Å². The SMILES string of the molecule is NCCOCCOCCNC(=O)c1ccc(CNc2nc(NCC3CCCCC3)nc(N3CCCCC3)n2)cc1. The van der Waals surface area contributed by atoms with Gasteiger partial charge in [0, 0.05) is 44.8 Å². The zero-order valence-corrected chi connectivity index (χ0v) is 23.7. The number of rotatable bonds is 16. The molecule has 1 saturated heterocycles. The zero-order chi connectivity index (χ0) is 27.8. The normalized spacial score (nSPS) is 16.1. The van der Waals surface area contributed by atoms with Gasteiger partial charge < -0.3 is 36.1 Å². The van der Waals surface area contributed by atoms with Crippen molar-refractivity contribution in [2.24, 2.45) is 11.7 Å². The minimum Gasteiger partial charge on any atom is -0.378 e. The van der Waals surface area contributed by atoms with E-state index in [1.54, 1.807) is 0 Å². The number of benzene rings is 1. The standard InChI is InChI=1S/C29H46N8O3/c30-13-17-39-19-20-40-18-14-31-26(38)25-11-9-24(10-12-25)22-33-28-34-27(32-21-23-7-3-1-4-8-23)35-29(36-28)37-15-5-2-6-16-37/h9-12,23H,1-8,13-22,30H2,(H,31,38)(H2,32,33,34,35,36). The van der Waals surface area contributed by atoms with Gasteiger partial charge in [-0.05, 0) is 55.7 Å². The predicted octanol–water partition coefficient (Wildman–Crippen LogP) is 3.19. The van der Waals surface area contributed by atoms with Gasteiger partial charge in [-0.2, -0.15) is 15.0 Å². The summed E-state index contributed by atoms with van der Waals surface area (Å²) < 4.78 is 10.7. The van der Waals surface area contributed by atoms with Gasteiger partial charge in [0.15, 0.2) is 0 Å². The molecule has 2 aliphatic rings. The molecule has 5 N–H and O–H groups in total. The zero-order valence-electron chi connectivity index (χ0n) is 23.7. The molecule has 1 amide bonds. The highest BCUT2D eigenvalue weighted by atomic mass is 16.5. The van der Waals surface area contributed by atoms with Gasteiger partial charge in [-0.3, -0.25) is 4.79 Å². The molecule has 1 aliphatic carbocycles. The van der Waals surface area contributed by atoms with E-state index < -0.39 is 0 Å². The molecular weight excluding hydrogens is 508 g/mol. The Morgan fingerprint density at radius 2 is 1.52 bits per heavy atom. The maximum atomic E-state index is 12.5. The Balaban J connectivity index is 1.27. The van der Waals surface area contributed by atoms with Crippen molar-refractivity contribution in [3.8, 4) is 0 Å². The summed E-state index contributed by atoms with van der Waals surface area (Å²) in [6, 6.07) is 7.56. The third-order valence-electron chi connectivity index (χ3n) is 7.37. The monoisotopic (exact) mass is 554 g/mol. The van der Waals surface area contributed by atoms with E-state index in [1.165, 1.54) is 38.5 Å². The summed E-state index contributed by atoms with van der Waals surface area (Å²) >= 11 is 0. The first-order valence-electron chi connectivity index (χ1n) is 14.9. The highest BCUT2D eigenvalue weighted by Gasteiger charge is 2.18. The van der Waals surface area contributed by atoms with E-state index in [-0.39, 0.29) is 5.91 Å². The van der Waals surface area contributed by atoms with E-state index in [4.69, 9.17) is 25.2 Å². The Morgan fingerprint density at radius 1 is 0.850 bits per heavy atom. The summed E-state index contributed by atoms with van der Waals surface area (Å²) in [6.07, 6.45) is 10.1. The Kier molecular flexibility index (Phi) is 12.7. The number of aromatic nitrogens is 3. The summed E-state index contributed by atoms with van der Waals surface area (Å²) in [4.78, 5) is 28.9. The molecule has 2 heterocycles. The molecule has 0 spiro atoms. The van der Waals surface area contributed by atoms with Crippen LogP contribution in [-0.2, 0) is 16.0 Å². The molecule has 1 aromatic heterocycles. The number of hydrogen-bond acceptors (Lipinski definition) is 10. The van der Waals surface area contributed by atoms with Crippen LogP contribution in [0.15, 0.2) is 24.3 Å². The summed E-state index contributed by atoms with van der Waals surface area (Å²) in [5, 5.41) is 9.74. The third kappa shape index (κ3) is 10.2. The second-order valence-corrected chi connectivity index (χ2v) is 10.5. The van der Waals surface area contributed by atoms with Crippen molar-refractivity contribution >= 4 is 23.8 Å². The molecule has 1 aliphatic heterocycles. The van der Waals surface area contributed by atoms with Crippen molar-refractivity contribution in [3.63, 3.8) is 0 Å². The van der Waals surface area contributed by atoms with E-state index in [1.807, 2.05) is 24.3 Å². The second kappa shape index (κ2) is 16.9. The van der Waals surface area contributed by atoms with Crippen molar-refractivity contribution in [3.05, 3.63) is 35.4 Å². The second-order valence-electron chi connectivity index (χ2n) is 10.5. The molecule has 2 aromatic rings. The molecular formula is C29H46N8O3. The van der Waals surface area contributed by atoms with E-state index >= 15 is 0 Å². The molecule has 0 unspecified atom stereocenters. The number of ether oxygens (including phenoxy) is 2. The third-order valence-corrected chi connectivity index (χ3v) is 7.37. The Labute approximate surface area is 238 Å². The van der Waals surface area contributed by atoms with Gasteiger partial charge >= 0.3 is 0 Å². The summed E-state index contributed by atoms with van der Waals surface area (Å²) in [7, 11) is 0. The van der Waals surface area contributed by atoms with E-state index in [9.17, 15) is 4.79 Å². The number of carbonyl (C=O) groups excluding carboxylic acids is 1. The van der Waals surface area contributed by atoms with Gasteiger partial charge in [0.05, 0.1) is 26.4 Å². The number of nitrogens with zero attached hydrogens (tertiary/aromatic N) is 4. The number of carbonyl (C=O) groups is 1. The molecule has 2 fully saturated rings. The molecule has 220 valence electrons.